The van der Waals surface area contributed by atoms with Crippen molar-refractivity contribution in [1.29, 1.82) is 0 Å². The number of hydrogen-bond donors (Lipinski definition) is 1. The highest BCUT2D eigenvalue weighted by Crippen LogP contribution is 2.06. The van der Waals surface area contributed by atoms with Gasteiger partial charge in [0.25, 0.3) is 5.82 Å². The number of nitrogens with one attached hydrogen (secondary N) is 1. The van der Waals surface area contributed by atoms with Gasteiger partial charge in [0.1, 0.15) is 11.1 Å². The molecular formula is C7H12N3O2S+. The smallest absolute Gasteiger partial charge is 0.267 e. The maximum Gasteiger partial charge on any atom is 0.273 e. The van der Waals surface area contributed by atoms with Crippen LogP contribution in [0.4, 0.5) is 5.82 Å². The van der Waals surface area contributed by atoms with Crippen LogP contribution < -0.4 is 15.0 Å². The Bertz CT molecular complexity index is 383. The minimum absolute atomic E-state index is 0.0816. The van der Waals surface area contributed by atoms with E-state index in [9.17, 15) is 8.42 Å². The Hall–Kier alpha value is -1.14. The average molecular weight is 202 g/mol. The molecule has 13 heavy (non-hydrogen) atoms. The fraction of sp³-hybridized carbons (Fsp3) is 0.286. The van der Waals surface area contributed by atoms with Gasteiger partial charge < -0.3 is 0 Å². The van der Waals surface area contributed by atoms with Crippen LogP contribution in [0.25, 0.3) is 0 Å². The molecule has 1 aromatic rings. The van der Waals surface area contributed by atoms with Crippen LogP contribution in [0.5, 0.6) is 0 Å². The van der Waals surface area contributed by atoms with Gasteiger partial charge in [-0.3, -0.25) is 4.90 Å². The van der Waals surface area contributed by atoms with Crippen LogP contribution in [-0.4, -0.2) is 22.5 Å². The van der Waals surface area contributed by atoms with E-state index in [0.717, 1.165) is 5.82 Å². The number of sulfonamides is 1. The molecule has 6 heteroatoms. The van der Waals surface area contributed by atoms with E-state index in [1.807, 2.05) is 19.0 Å². The molecule has 0 spiro atoms. The third-order valence-electron chi connectivity index (χ3n) is 1.58. The van der Waals surface area contributed by atoms with Crippen LogP contribution >= 0.6 is 0 Å². The Morgan fingerprint density at radius 1 is 1.38 bits per heavy atom. The van der Waals surface area contributed by atoms with Gasteiger partial charge >= 0.3 is 0 Å². The fourth-order valence-corrected chi connectivity index (χ4v) is 1.34. The number of nitrogens with zero attached hydrogens (tertiary/aromatic N) is 1. The molecule has 0 aromatic carbocycles. The van der Waals surface area contributed by atoms with Crippen molar-refractivity contribution in [3.05, 3.63) is 18.3 Å². The molecule has 1 heterocycles. The highest BCUT2D eigenvalue weighted by Gasteiger charge is 2.10. The van der Waals surface area contributed by atoms with Crippen molar-refractivity contribution < 1.29 is 13.4 Å². The third-order valence-corrected chi connectivity index (χ3v) is 2.49. The summed E-state index contributed by atoms with van der Waals surface area (Å²) in [5.74, 6) is 0.812. The molecule has 3 N–H and O–H groups in total. The van der Waals surface area contributed by atoms with E-state index in [0.29, 0.717) is 0 Å². The molecule has 0 saturated carbocycles. The summed E-state index contributed by atoms with van der Waals surface area (Å²) in [5.41, 5.74) is 0. The van der Waals surface area contributed by atoms with Gasteiger partial charge in [-0.2, -0.15) is 0 Å². The van der Waals surface area contributed by atoms with E-state index >= 15 is 0 Å². The second-order valence-electron chi connectivity index (χ2n) is 2.85. The summed E-state index contributed by atoms with van der Waals surface area (Å²) in [6.07, 6.45) is 1.37. The number of aromatic amines is 1. The lowest BCUT2D eigenvalue weighted by atomic mass is 10.4. The summed E-state index contributed by atoms with van der Waals surface area (Å²) >= 11 is 0. The van der Waals surface area contributed by atoms with Crippen LogP contribution in [-0.2, 0) is 10.0 Å². The number of nitrogens with two attached hydrogens (primary N) is 1. The van der Waals surface area contributed by atoms with Crippen molar-refractivity contribution in [1.82, 2.24) is 0 Å². The number of pyridine rings is 1. The van der Waals surface area contributed by atoms with Crippen molar-refractivity contribution in [3.63, 3.8) is 0 Å². The SMILES string of the molecule is CN(C)c1ccc(S(N)(=O)=O)c[nH+]1. The van der Waals surface area contributed by atoms with Gasteiger partial charge in [-0.25, -0.2) is 18.5 Å². The van der Waals surface area contributed by atoms with Crippen LogP contribution in [0, 0.1) is 0 Å². The minimum atomic E-state index is -3.60. The summed E-state index contributed by atoms with van der Waals surface area (Å²) in [6.45, 7) is 0. The summed E-state index contributed by atoms with van der Waals surface area (Å²) in [5, 5.41) is 4.92. The zero-order valence-corrected chi connectivity index (χ0v) is 8.30. The fourth-order valence-electron chi connectivity index (χ4n) is 0.858. The maximum absolute atomic E-state index is 10.9. The van der Waals surface area contributed by atoms with Crippen LogP contribution in [0.3, 0.4) is 0 Å². The summed E-state index contributed by atoms with van der Waals surface area (Å²) in [6, 6.07) is 3.11. The molecule has 0 unspecified atom stereocenters. The van der Waals surface area contributed by atoms with Crippen molar-refractivity contribution in [2.24, 2.45) is 5.14 Å². The number of hydrogen-bond acceptors (Lipinski definition) is 3. The predicted octanol–water partition coefficient (Wildman–Crippen LogP) is -0.786. The van der Waals surface area contributed by atoms with Crippen molar-refractivity contribution in [2.45, 2.75) is 4.90 Å². The molecule has 0 atom stereocenters. The monoisotopic (exact) mass is 202 g/mol. The van der Waals surface area contributed by atoms with E-state index in [4.69, 9.17) is 5.14 Å². The van der Waals surface area contributed by atoms with Crippen molar-refractivity contribution >= 4 is 15.8 Å². The third kappa shape index (κ3) is 2.40. The van der Waals surface area contributed by atoms with E-state index in [2.05, 4.69) is 4.98 Å². The van der Waals surface area contributed by atoms with Gasteiger partial charge in [-0.1, -0.05) is 0 Å². The number of primary sulfonamides is 1. The van der Waals surface area contributed by atoms with Gasteiger partial charge in [-0.05, 0) is 6.07 Å². The molecule has 0 radical (unpaired) electrons. The number of anilines is 1. The Balaban J connectivity index is 3.08. The van der Waals surface area contributed by atoms with Crippen LogP contribution in [0.15, 0.2) is 23.2 Å². The largest absolute Gasteiger partial charge is 0.273 e. The first-order valence-electron chi connectivity index (χ1n) is 3.63. The minimum Gasteiger partial charge on any atom is -0.267 e. The van der Waals surface area contributed by atoms with Crippen molar-refractivity contribution in [2.75, 3.05) is 19.0 Å². The average Bonchev–Trinajstić information content (AvgIpc) is 2.03. The Morgan fingerprint density at radius 3 is 2.31 bits per heavy atom. The Kier molecular flexibility index (Phi) is 2.53. The normalized spacial score (nSPS) is 11.3. The van der Waals surface area contributed by atoms with Gasteiger partial charge in [0, 0.05) is 6.07 Å². The van der Waals surface area contributed by atoms with Gasteiger partial charge in [0.05, 0.1) is 14.1 Å². The zero-order valence-electron chi connectivity index (χ0n) is 7.48. The lowest BCUT2D eigenvalue weighted by Gasteiger charge is -2.02. The number of H-pyrrole nitrogens is 1. The molecule has 0 aliphatic carbocycles. The van der Waals surface area contributed by atoms with E-state index in [-0.39, 0.29) is 4.90 Å². The lowest BCUT2D eigenvalue weighted by molar-refractivity contribution is -0.366. The van der Waals surface area contributed by atoms with Crippen molar-refractivity contribution in [3.8, 4) is 0 Å². The van der Waals surface area contributed by atoms with E-state index in [1.165, 1.54) is 12.3 Å². The van der Waals surface area contributed by atoms with E-state index in [1.54, 1.807) is 6.07 Å². The van der Waals surface area contributed by atoms with Gasteiger partial charge in [0.15, 0.2) is 0 Å². The summed E-state index contributed by atoms with van der Waals surface area (Å²) in [4.78, 5) is 4.72. The Labute approximate surface area is 77.2 Å². The Morgan fingerprint density at radius 2 is 2.00 bits per heavy atom. The van der Waals surface area contributed by atoms with E-state index < -0.39 is 10.0 Å². The molecule has 0 saturated heterocycles. The second-order valence-corrected chi connectivity index (χ2v) is 4.41. The van der Waals surface area contributed by atoms with Gasteiger partial charge in [0.2, 0.25) is 10.0 Å². The molecule has 0 aliphatic heterocycles. The standard InChI is InChI=1S/C7H11N3O2S/c1-10(2)7-4-3-6(5-9-7)13(8,11)12/h3-5H,1-2H3,(H2,8,11,12)/p+1. The van der Waals surface area contributed by atoms with Gasteiger partial charge in [-0.15, -0.1) is 0 Å². The molecule has 0 aliphatic rings. The topological polar surface area (TPSA) is 77.5 Å². The predicted molar refractivity (Wildman–Crippen MR) is 48.7 cm³/mol. The molecule has 0 bridgehead atoms. The van der Waals surface area contributed by atoms with Crippen LogP contribution in [0.1, 0.15) is 0 Å². The zero-order chi connectivity index (χ0) is 10.1. The molecule has 72 valence electrons. The highest BCUT2D eigenvalue weighted by atomic mass is 32.2. The first-order valence-corrected chi connectivity index (χ1v) is 5.18. The first kappa shape index (κ1) is 9.94. The molecule has 0 fully saturated rings. The highest BCUT2D eigenvalue weighted by molar-refractivity contribution is 7.89. The lowest BCUT2D eigenvalue weighted by Crippen LogP contribution is -2.22. The maximum atomic E-state index is 10.9. The molecule has 1 rings (SSSR count). The number of aromatic nitrogens is 1. The molecule has 5 nitrogen and oxygen atoms in total. The first-order chi connectivity index (χ1) is 5.91. The molecular weight excluding hydrogens is 190 g/mol. The van der Waals surface area contributed by atoms with Crippen LogP contribution in [0.2, 0.25) is 0 Å². The summed E-state index contributed by atoms with van der Waals surface area (Å²) in [7, 11) is 0.104. The molecule has 0 amide bonds. The second kappa shape index (κ2) is 3.31. The quantitative estimate of drug-likeness (QED) is 0.683. The number of rotatable bonds is 2. The molecule has 1 aromatic heterocycles. The summed E-state index contributed by atoms with van der Waals surface area (Å²) < 4.78 is 21.7.